The third kappa shape index (κ3) is 2.97. The zero-order valence-corrected chi connectivity index (χ0v) is 11.4. The summed E-state index contributed by atoms with van der Waals surface area (Å²) in [6, 6.07) is 2.08. The Labute approximate surface area is 106 Å². The average molecular weight is 283 g/mol. The van der Waals surface area contributed by atoms with Crippen LogP contribution in [0.3, 0.4) is 0 Å². The van der Waals surface area contributed by atoms with Crippen molar-refractivity contribution in [2.45, 2.75) is 32.1 Å². The number of aromatic nitrogens is 1. The van der Waals surface area contributed by atoms with E-state index in [1.54, 1.807) is 0 Å². The normalized spacial score (nSPS) is 17.4. The first-order valence-corrected chi connectivity index (χ1v) is 6.87. The molecule has 0 unspecified atom stereocenters. The standard InChI is InChI=1S/C13H19BrN2/c1-16(10-11-5-3-2-4-6-11)13-7-8-15-9-12(13)14/h7-9,11H,2-6,10H2,1H3. The highest BCUT2D eigenvalue weighted by molar-refractivity contribution is 9.10. The molecule has 0 amide bonds. The van der Waals surface area contributed by atoms with Crippen molar-refractivity contribution in [1.82, 2.24) is 4.98 Å². The third-order valence-electron chi connectivity index (χ3n) is 3.42. The Morgan fingerprint density at radius 2 is 2.12 bits per heavy atom. The number of hydrogen-bond acceptors (Lipinski definition) is 2. The highest BCUT2D eigenvalue weighted by atomic mass is 79.9. The van der Waals surface area contributed by atoms with Crippen LogP contribution in [0.2, 0.25) is 0 Å². The van der Waals surface area contributed by atoms with Crippen molar-refractivity contribution < 1.29 is 0 Å². The van der Waals surface area contributed by atoms with Gasteiger partial charge >= 0.3 is 0 Å². The maximum atomic E-state index is 4.10. The van der Waals surface area contributed by atoms with Crippen molar-refractivity contribution in [2.75, 3.05) is 18.5 Å². The van der Waals surface area contributed by atoms with Crippen molar-refractivity contribution in [3.05, 3.63) is 22.9 Å². The van der Waals surface area contributed by atoms with E-state index in [1.807, 2.05) is 12.4 Å². The number of halogens is 1. The van der Waals surface area contributed by atoms with Gasteiger partial charge in [0.15, 0.2) is 0 Å². The van der Waals surface area contributed by atoms with E-state index in [0.29, 0.717) is 0 Å². The van der Waals surface area contributed by atoms with Gasteiger partial charge in [-0.05, 0) is 40.8 Å². The fourth-order valence-corrected chi connectivity index (χ4v) is 3.09. The molecular weight excluding hydrogens is 264 g/mol. The van der Waals surface area contributed by atoms with Crippen LogP contribution in [0.1, 0.15) is 32.1 Å². The Hall–Kier alpha value is -0.570. The van der Waals surface area contributed by atoms with Gasteiger partial charge in [-0.1, -0.05) is 19.3 Å². The molecule has 1 aliphatic carbocycles. The molecule has 0 aliphatic heterocycles. The zero-order chi connectivity index (χ0) is 11.4. The van der Waals surface area contributed by atoms with Gasteiger partial charge in [-0.3, -0.25) is 4.98 Å². The van der Waals surface area contributed by atoms with Crippen LogP contribution in [-0.2, 0) is 0 Å². The van der Waals surface area contributed by atoms with E-state index in [4.69, 9.17) is 0 Å². The van der Waals surface area contributed by atoms with Gasteiger partial charge in [-0.15, -0.1) is 0 Å². The fourth-order valence-electron chi connectivity index (χ4n) is 2.53. The van der Waals surface area contributed by atoms with Gasteiger partial charge in [-0.25, -0.2) is 0 Å². The lowest BCUT2D eigenvalue weighted by molar-refractivity contribution is 0.362. The van der Waals surface area contributed by atoms with Crippen LogP contribution >= 0.6 is 15.9 Å². The minimum absolute atomic E-state index is 0.874. The topological polar surface area (TPSA) is 16.1 Å². The quantitative estimate of drug-likeness (QED) is 0.837. The van der Waals surface area contributed by atoms with E-state index in [2.05, 4.69) is 38.9 Å². The van der Waals surface area contributed by atoms with Crippen LogP contribution < -0.4 is 4.90 Å². The summed E-state index contributed by atoms with van der Waals surface area (Å²) in [5, 5.41) is 0. The molecule has 0 aromatic carbocycles. The van der Waals surface area contributed by atoms with Crippen molar-refractivity contribution in [3.8, 4) is 0 Å². The van der Waals surface area contributed by atoms with Crippen LogP contribution in [0.15, 0.2) is 22.9 Å². The van der Waals surface area contributed by atoms with E-state index >= 15 is 0 Å². The Balaban J connectivity index is 1.96. The highest BCUT2D eigenvalue weighted by Gasteiger charge is 2.16. The lowest BCUT2D eigenvalue weighted by Crippen LogP contribution is -2.27. The van der Waals surface area contributed by atoms with Crippen molar-refractivity contribution >= 4 is 21.6 Å². The maximum Gasteiger partial charge on any atom is 0.0592 e. The first-order valence-electron chi connectivity index (χ1n) is 6.08. The fraction of sp³-hybridized carbons (Fsp3) is 0.615. The molecule has 3 heteroatoms. The molecule has 16 heavy (non-hydrogen) atoms. The smallest absolute Gasteiger partial charge is 0.0592 e. The lowest BCUT2D eigenvalue weighted by atomic mass is 9.89. The lowest BCUT2D eigenvalue weighted by Gasteiger charge is -2.28. The molecule has 1 saturated carbocycles. The van der Waals surface area contributed by atoms with Gasteiger partial charge in [0.2, 0.25) is 0 Å². The number of pyridine rings is 1. The predicted octanol–water partition coefficient (Wildman–Crippen LogP) is 3.86. The molecule has 1 aliphatic rings. The second-order valence-corrected chi connectivity index (χ2v) is 5.57. The molecule has 1 heterocycles. The average Bonchev–Trinajstić information content (AvgIpc) is 2.31. The summed E-state index contributed by atoms with van der Waals surface area (Å²) in [5.74, 6) is 0.874. The van der Waals surface area contributed by atoms with E-state index < -0.39 is 0 Å². The van der Waals surface area contributed by atoms with Crippen LogP contribution in [0.4, 0.5) is 5.69 Å². The van der Waals surface area contributed by atoms with Crippen LogP contribution in [0.25, 0.3) is 0 Å². The van der Waals surface area contributed by atoms with Crippen LogP contribution in [-0.4, -0.2) is 18.6 Å². The van der Waals surface area contributed by atoms with E-state index in [9.17, 15) is 0 Å². The molecule has 0 saturated heterocycles. The Morgan fingerprint density at radius 1 is 1.38 bits per heavy atom. The summed E-state index contributed by atoms with van der Waals surface area (Å²) in [7, 11) is 2.18. The van der Waals surface area contributed by atoms with Gasteiger partial charge < -0.3 is 4.90 Å². The van der Waals surface area contributed by atoms with Gasteiger partial charge in [0.25, 0.3) is 0 Å². The van der Waals surface area contributed by atoms with Gasteiger partial charge in [0.05, 0.1) is 10.2 Å². The Morgan fingerprint density at radius 3 is 2.81 bits per heavy atom. The summed E-state index contributed by atoms with van der Waals surface area (Å²) in [6.07, 6.45) is 10.8. The minimum Gasteiger partial charge on any atom is -0.373 e. The zero-order valence-electron chi connectivity index (χ0n) is 9.82. The molecule has 2 nitrogen and oxygen atoms in total. The molecule has 0 radical (unpaired) electrons. The number of nitrogens with zero attached hydrogens (tertiary/aromatic N) is 2. The summed E-state index contributed by atoms with van der Waals surface area (Å²) in [5.41, 5.74) is 1.25. The summed E-state index contributed by atoms with van der Waals surface area (Å²) in [4.78, 5) is 6.45. The van der Waals surface area contributed by atoms with Gasteiger partial charge in [0.1, 0.15) is 0 Å². The Bertz CT molecular complexity index is 334. The molecule has 88 valence electrons. The third-order valence-corrected chi connectivity index (χ3v) is 4.03. The summed E-state index contributed by atoms with van der Waals surface area (Å²) in [6.45, 7) is 1.17. The SMILES string of the molecule is CN(CC1CCCCC1)c1ccncc1Br. The van der Waals surface area contributed by atoms with E-state index in [1.165, 1.54) is 44.3 Å². The van der Waals surface area contributed by atoms with Crippen LogP contribution in [0, 0.1) is 5.92 Å². The van der Waals surface area contributed by atoms with Crippen molar-refractivity contribution in [3.63, 3.8) is 0 Å². The molecule has 0 bridgehead atoms. The van der Waals surface area contributed by atoms with Gasteiger partial charge in [-0.2, -0.15) is 0 Å². The van der Waals surface area contributed by atoms with Gasteiger partial charge in [0, 0.05) is 26.0 Å². The molecular formula is C13H19BrN2. The van der Waals surface area contributed by atoms with Crippen LogP contribution in [0.5, 0.6) is 0 Å². The first kappa shape index (κ1) is 11.9. The van der Waals surface area contributed by atoms with E-state index in [0.717, 1.165) is 10.4 Å². The number of rotatable bonds is 3. The Kier molecular flexibility index (Phi) is 4.22. The second kappa shape index (κ2) is 5.67. The largest absolute Gasteiger partial charge is 0.373 e. The maximum absolute atomic E-state index is 4.10. The molecule has 1 fully saturated rings. The second-order valence-electron chi connectivity index (χ2n) is 4.71. The van der Waals surface area contributed by atoms with Crippen molar-refractivity contribution in [1.29, 1.82) is 0 Å². The minimum atomic E-state index is 0.874. The summed E-state index contributed by atoms with van der Waals surface area (Å²) < 4.78 is 1.09. The molecule has 2 rings (SSSR count). The predicted molar refractivity (Wildman–Crippen MR) is 71.8 cm³/mol. The first-order chi connectivity index (χ1) is 7.77. The number of anilines is 1. The highest BCUT2D eigenvalue weighted by Crippen LogP contribution is 2.28. The summed E-state index contributed by atoms with van der Waals surface area (Å²) >= 11 is 3.56. The van der Waals surface area contributed by atoms with E-state index in [-0.39, 0.29) is 0 Å². The molecule has 1 aromatic heterocycles. The molecule has 1 aromatic rings. The molecule has 0 N–H and O–H groups in total. The van der Waals surface area contributed by atoms with Crippen molar-refractivity contribution in [2.24, 2.45) is 5.92 Å². The molecule has 0 spiro atoms. The monoisotopic (exact) mass is 282 g/mol. The number of hydrogen-bond donors (Lipinski definition) is 0. The molecule has 0 atom stereocenters.